The van der Waals surface area contributed by atoms with Crippen molar-refractivity contribution in [1.82, 2.24) is 0 Å². The van der Waals surface area contributed by atoms with Crippen LogP contribution >= 0.6 is 0 Å². The van der Waals surface area contributed by atoms with Crippen molar-refractivity contribution in [1.29, 1.82) is 0 Å². The lowest BCUT2D eigenvalue weighted by Gasteiger charge is -2.21. The summed E-state index contributed by atoms with van der Waals surface area (Å²) in [6, 6.07) is 46.7. The zero-order valence-electron chi connectivity index (χ0n) is 24.0. The molecule has 1 aliphatic carbocycles. The first-order valence-corrected chi connectivity index (χ1v) is 14.8. The summed E-state index contributed by atoms with van der Waals surface area (Å²) in [5.41, 5.74) is 6.78. The Hall–Kier alpha value is -5.34. The predicted octanol–water partition coefficient (Wildman–Crippen LogP) is 10.6. The minimum absolute atomic E-state index is 0.160. The van der Waals surface area contributed by atoms with Crippen molar-refractivity contribution >= 4 is 53.9 Å². The summed E-state index contributed by atoms with van der Waals surface area (Å²) in [6.45, 7) is 0. The highest BCUT2D eigenvalue weighted by atomic mass is 16.5. The second-order valence-electron chi connectivity index (χ2n) is 11.5. The fraction of sp³-hybridized carbons (Fsp3) is 0.0732. The maximum Gasteiger partial charge on any atom is 0.161 e. The summed E-state index contributed by atoms with van der Waals surface area (Å²) >= 11 is 0. The maximum absolute atomic E-state index is 5.84. The van der Waals surface area contributed by atoms with Gasteiger partial charge in [0.25, 0.3) is 0 Å². The number of rotatable bonds is 3. The van der Waals surface area contributed by atoms with E-state index in [0.717, 1.165) is 16.9 Å². The number of hydrogen-bond acceptors (Lipinski definition) is 2. The third-order valence-corrected chi connectivity index (χ3v) is 9.48. The molecule has 2 nitrogen and oxygen atoms in total. The van der Waals surface area contributed by atoms with E-state index < -0.39 is 0 Å². The van der Waals surface area contributed by atoms with Crippen molar-refractivity contribution in [2.24, 2.45) is 0 Å². The number of fused-ring (bicyclic) bond motifs is 15. The molecule has 0 bridgehead atoms. The van der Waals surface area contributed by atoms with Gasteiger partial charge >= 0.3 is 0 Å². The number of hydrogen-bond donors (Lipinski definition) is 0. The van der Waals surface area contributed by atoms with E-state index in [1.807, 2.05) is 0 Å². The molecule has 0 heterocycles. The Morgan fingerprint density at radius 2 is 1.07 bits per heavy atom. The van der Waals surface area contributed by atoms with Gasteiger partial charge in [-0.15, -0.1) is 0 Å². The van der Waals surface area contributed by atoms with Crippen LogP contribution in [0.25, 0.3) is 65.0 Å². The first-order valence-electron chi connectivity index (χ1n) is 14.8. The summed E-state index contributed by atoms with van der Waals surface area (Å²) in [5, 5.41) is 12.6. The summed E-state index contributed by atoms with van der Waals surface area (Å²) in [7, 11) is 3.41. The molecule has 1 aliphatic rings. The van der Waals surface area contributed by atoms with Gasteiger partial charge < -0.3 is 9.47 Å². The maximum atomic E-state index is 5.84. The average molecular weight is 553 g/mol. The van der Waals surface area contributed by atoms with Crippen LogP contribution in [0.1, 0.15) is 22.6 Å². The van der Waals surface area contributed by atoms with Crippen LogP contribution in [0.4, 0.5) is 0 Å². The minimum Gasteiger partial charge on any atom is -0.493 e. The quantitative estimate of drug-likeness (QED) is 0.203. The van der Waals surface area contributed by atoms with Gasteiger partial charge in [0.1, 0.15) is 0 Å². The lowest BCUT2D eigenvalue weighted by molar-refractivity contribution is 0.356. The molecule has 9 rings (SSSR count). The van der Waals surface area contributed by atoms with Gasteiger partial charge in [-0.2, -0.15) is 0 Å². The van der Waals surface area contributed by atoms with Crippen LogP contribution in [0.15, 0.2) is 127 Å². The highest BCUT2D eigenvalue weighted by Gasteiger charge is 2.34. The smallest absolute Gasteiger partial charge is 0.161 e. The van der Waals surface area contributed by atoms with E-state index in [1.165, 1.54) is 76.3 Å². The zero-order chi connectivity index (χ0) is 28.7. The Morgan fingerprint density at radius 3 is 1.84 bits per heavy atom. The molecule has 8 aromatic carbocycles. The van der Waals surface area contributed by atoms with Gasteiger partial charge in [-0.05, 0) is 93.8 Å². The molecular weight excluding hydrogens is 524 g/mol. The number of methoxy groups -OCH3 is 2. The van der Waals surface area contributed by atoms with Crippen molar-refractivity contribution in [3.63, 3.8) is 0 Å². The molecule has 2 heteroatoms. The van der Waals surface area contributed by atoms with Gasteiger partial charge in [0.15, 0.2) is 11.5 Å². The molecule has 0 N–H and O–H groups in total. The van der Waals surface area contributed by atoms with E-state index >= 15 is 0 Å². The van der Waals surface area contributed by atoms with Gasteiger partial charge in [0.05, 0.1) is 14.2 Å². The lowest BCUT2D eigenvalue weighted by atomic mass is 9.81. The Morgan fingerprint density at radius 1 is 0.465 bits per heavy atom. The molecule has 204 valence electrons. The number of ether oxygens (including phenoxy) is 2. The monoisotopic (exact) mass is 552 g/mol. The van der Waals surface area contributed by atoms with Crippen LogP contribution in [0.3, 0.4) is 0 Å². The van der Waals surface area contributed by atoms with Crippen molar-refractivity contribution in [3.8, 4) is 22.6 Å². The Labute approximate surface area is 249 Å². The molecule has 0 amide bonds. The van der Waals surface area contributed by atoms with Gasteiger partial charge in [-0.25, -0.2) is 0 Å². The van der Waals surface area contributed by atoms with E-state index in [2.05, 4.69) is 127 Å². The molecule has 0 spiro atoms. The van der Waals surface area contributed by atoms with E-state index in [-0.39, 0.29) is 5.92 Å². The number of benzene rings is 8. The van der Waals surface area contributed by atoms with E-state index in [0.29, 0.717) is 0 Å². The van der Waals surface area contributed by atoms with Crippen molar-refractivity contribution in [3.05, 3.63) is 144 Å². The summed E-state index contributed by atoms with van der Waals surface area (Å²) in [6.07, 6.45) is 0. The van der Waals surface area contributed by atoms with E-state index in [9.17, 15) is 0 Å². The summed E-state index contributed by atoms with van der Waals surface area (Å²) in [5.74, 6) is 1.64. The highest BCUT2D eigenvalue weighted by molar-refractivity contribution is 6.39. The van der Waals surface area contributed by atoms with Gasteiger partial charge in [-0.3, -0.25) is 0 Å². The van der Waals surface area contributed by atoms with Gasteiger partial charge in [0, 0.05) is 5.92 Å². The van der Waals surface area contributed by atoms with Crippen LogP contribution in [-0.2, 0) is 0 Å². The van der Waals surface area contributed by atoms with Crippen molar-refractivity contribution in [2.45, 2.75) is 5.92 Å². The third kappa shape index (κ3) is 3.24. The lowest BCUT2D eigenvalue weighted by Crippen LogP contribution is -2.00. The van der Waals surface area contributed by atoms with E-state index in [1.54, 1.807) is 14.2 Å². The fourth-order valence-electron chi connectivity index (χ4n) is 7.78. The third-order valence-electron chi connectivity index (χ3n) is 9.48. The Bertz CT molecular complexity index is 2420. The molecule has 0 radical (unpaired) electrons. The Balaban J connectivity index is 1.61. The molecule has 0 saturated heterocycles. The van der Waals surface area contributed by atoms with Crippen LogP contribution in [-0.4, -0.2) is 14.2 Å². The zero-order valence-corrected chi connectivity index (χ0v) is 24.0. The summed E-state index contributed by atoms with van der Waals surface area (Å²) < 4.78 is 11.6. The fourth-order valence-corrected chi connectivity index (χ4v) is 7.78. The molecular formula is C41H28O2. The largest absolute Gasteiger partial charge is 0.493 e. The van der Waals surface area contributed by atoms with Crippen LogP contribution in [0.5, 0.6) is 11.5 Å². The molecule has 0 fully saturated rings. The minimum atomic E-state index is 0.160. The molecule has 0 aromatic heterocycles. The van der Waals surface area contributed by atoms with Crippen molar-refractivity contribution in [2.75, 3.05) is 14.2 Å². The Kier molecular flexibility index (Phi) is 5.13. The summed E-state index contributed by atoms with van der Waals surface area (Å²) in [4.78, 5) is 0. The van der Waals surface area contributed by atoms with Crippen LogP contribution in [0, 0.1) is 0 Å². The second-order valence-corrected chi connectivity index (χ2v) is 11.5. The molecule has 43 heavy (non-hydrogen) atoms. The normalized spacial score (nSPS) is 14.0. The van der Waals surface area contributed by atoms with Crippen LogP contribution in [0.2, 0.25) is 0 Å². The first kappa shape index (κ1) is 24.3. The highest BCUT2D eigenvalue weighted by Crippen LogP contribution is 2.56. The molecule has 0 aliphatic heterocycles. The molecule has 0 saturated carbocycles. The van der Waals surface area contributed by atoms with E-state index in [4.69, 9.17) is 9.47 Å². The topological polar surface area (TPSA) is 18.5 Å². The molecule has 1 atom stereocenters. The van der Waals surface area contributed by atoms with Gasteiger partial charge in [-0.1, -0.05) is 115 Å². The molecule has 1 unspecified atom stereocenters. The molecule has 8 aromatic rings. The predicted molar refractivity (Wildman–Crippen MR) is 180 cm³/mol. The first-order chi connectivity index (χ1) is 21.3. The van der Waals surface area contributed by atoms with Crippen molar-refractivity contribution < 1.29 is 9.47 Å². The van der Waals surface area contributed by atoms with Crippen LogP contribution < -0.4 is 9.47 Å². The SMILES string of the molecule is COc1cc2ccc3c4ccccc4c4c5c(c6ccccc6c4c3c2cc1OC)C(c1ccccc1)c1ccccc1-5. The second kappa shape index (κ2) is 9.08. The average Bonchev–Trinajstić information content (AvgIpc) is 3.43. The van der Waals surface area contributed by atoms with Gasteiger partial charge in [0.2, 0.25) is 0 Å². The standard InChI is InChI=1S/C41H28O2/c1-42-34-22-25-20-21-32-26-14-6-7-15-27(26)40-39(37(32)33(25)23-35(34)43-2)31-19-11-10-18-30(31)38-36(24-12-4-3-5-13-24)28-16-8-9-17-29(28)41(38)40/h3-23,36H,1-2H3.